The summed E-state index contributed by atoms with van der Waals surface area (Å²) in [6, 6.07) is 13.4. The van der Waals surface area contributed by atoms with E-state index in [2.05, 4.69) is 31.3 Å². The van der Waals surface area contributed by atoms with Crippen LogP contribution in [0.15, 0.2) is 71.5 Å². The summed E-state index contributed by atoms with van der Waals surface area (Å²) in [7, 11) is 0. The highest BCUT2D eigenvalue weighted by Gasteiger charge is 2.38. The lowest BCUT2D eigenvalue weighted by atomic mass is 10.2. The fourth-order valence-corrected chi connectivity index (χ4v) is 3.68. The van der Waals surface area contributed by atoms with Crippen molar-refractivity contribution in [3.05, 3.63) is 88.7 Å². The Morgan fingerprint density at radius 2 is 1.72 bits per heavy atom. The topological polar surface area (TPSA) is 79.5 Å². The van der Waals surface area contributed by atoms with Crippen molar-refractivity contribution < 1.29 is 36.8 Å². The first-order chi connectivity index (χ1) is 17.1. The lowest BCUT2D eigenvalue weighted by molar-refractivity contribution is -0.378. The number of ether oxygens (including phenoxy) is 2. The molecule has 0 unspecified atom stereocenters. The summed E-state index contributed by atoms with van der Waals surface area (Å²) in [6.45, 7) is 0.951. The second-order valence-electron chi connectivity index (χ2n) is 7.54. The van der Waals surface area contributed by atoms with Crippen molar-refractivity contribution in [2.75, 3.05) is 5.32 Å². The zero-order valence-corrected chi connectivity index (χ0v) is 20.2. The molecule has 186 valence electrons. The van der Waals surface area contributed by atoms with E-state index in [0.717, 1.165) is 4.68 Å². The lowest BCUT2D eigenvalue weighted by Gasteiger charge is -2.13. The second-order valence-corrected chi connectivity index (χ2v) is 8.33. The van der Waals surface area contributed by atoms with Crippen LogP contribution in [0.5, 0.6) is 23.0 Å². The highest BCUT2D eigenvalue weighted by Crippen LogP contribution is 2.36. The maximum Gasteiger partial charge on any atom is 0.436 e. The second kappa shape index (κ2) is 10.4. The highest BCUT2D eigenvalue weighted by atomic mass is 79.9. The SMILES string of the molecule is Cc1c(Br)c(C(F)(F)F)nn1CC(=O)Nc1cc(Oc2ccc(F)cc2)cc(Oc2ccc[nH+]c2)c1. The van der Waals surface area contributed by atoms with Gasteiger partial charge in [-0.1, -0.05) is 0 Å². The molecular formula is C24H18BrF4N4O3+. The van der Waals surface area contributed by atoms with Gasteiger partial charge in [-0.25, -0.2) is 9.37 Å². The number of rotatable bonds is 7. The number of hydrogen-bond donors (Lipinski definition) is 1. The molecule has 0 aliphatic rings. The van der Waals surface area contributed by atoms with Crippen LogP contribution < -0.4 is 19.8 Å². The number of nitrogens with one attached hydrogen (secondary N) is 2. The van der Waals surface area contributed by atoms with E-state index in [9.17, 15) is 22.4 Å². The molecule has 2 aromatic carbocycles. The Kier molecular flexibility index (Phi) is 7.25. The summed E-state index contributed by atoms with van der Waals surface area (Å²) in [6.07, 6.45) is -1.35. The van der Waals surface area contributed by atoms with Crippen molar-refractivity contribution in [1.82, 2.24) is 9.78 Å². The average molecular weight is 566 g/mol. The number of pyridine rings is 1. The minimum Gasteiger partial charge on any atom is -0.457 e. The van der Waals surface area contributed by atoms with Crippen molar-refractivity contribution >= 4 is 27.5 Å². The van der Waals surface area contributed by atoms with Gasteiger partial charge in [-0.15, -0.1) is 0 Å². The average Bonchev–Trinajstić information content (AvgIpc) is 3.10. The Morgan fingerprint density at radius 1 is 1.06 bits per heavy atom. The molecule has 0 saturated heterocycles. The van der Waals surface area contributed by atoms with Gasteiger partial charge in [0.2, 0.25) is 12.1 Å². The largest absolute Gasteiger partial charge is 0.457 e. The molecule has 36 heavy (non-hydrogen) atoms. The molecule has 0 aliphatic heterocycles. The third-order valence-corrected chi connectivity index (χ3v) is 5.77. The van der Waals surface area contributed by atoms with Crippen LogP contribution in [0.2, 0.25) is 0 Å². The number of amides is 1. The number of hydrogen-bond acceptors (Lipinski definition) is 4. The molecule has 0 bridgehead atoms. The van der Waals surface area contributed by atoms with Gasteiger partial charge in [0, 0.05) is 30.0 Å². The number of anilines is 1. The number of carbonyl (C=O) groups is 1. The molecule has 7 nitrogen and oxygen atoms in total. The van der Waals surface area contributed by atoms with Gasteiger partial charge in [0.15, 0.2) is 17.6 Å². The number of benzene rings is 2. The molecular weight excluding hydrogens is 548 g/mol. The van der Waals surface area contributed by atoms with E-state index in [1.807, 2.05) is 0 Å². The van der Waals surface area contributed by atoms with Crippen LogP contribution in [-0.4, -0.2) is 15.7 Å². The molecule has 0 fully saturated rings. The smallest absolute Gasteiger partial charge is 0.436 e. The van der Waals surface area contributed by atoms with E-state index in [-0.39, 0.29) is 21.6 Å². The van der Waals surface area contributed by atoms with Crippen LogP contribution in [0.25, 0.3) is 0 Å². The fraction of sp³-hybridized carbons (Fsp3) is 0.125. The van der Waals surface area contributed by atoms with Crippen LogP contribution in [0.3, 0.4) is 0 Å². The Hall–Kier alpha value is -3.93. The van der Waals surface area contributed by atoms with Crippen LogP contribution in [0, 0.1) is 12.7 Å². The van der Waals surface area contributed by atoms with Crippen molar-refractivity contribution in [2.45, 2.75) is 19.6 Å². The summed E-state index contributed by atoms with van der Waals surface area (Å²) >= 11 is 2.89. The number of aromatic nitrogens is 3. The quantitative estimate of drug-likeness (QED) is 0.272. The van der Waals surface area contributed by atoms with Crippen LogP contribution >= 0.6 is 15.9 Å². The molecule has 4 rings (SSSR count). The Labute approximate surface area is 210 Å². The molecule has 4 aromatic rings. The summed E-state index contributed by atoms with van der Waals surface area (Å²) in [4.78, 5) is 15.6. The first kappa shape index (κ1) is 25.2. The van der Waals surface area contributed by atoms with Gasteiger partial charge in [-0.05, 0) is 53.2 Å². The number of carbonyl (C=O) groups excluding carboxylic acids is 1. The van der Waals surface area contributed by atoms with E-state index in [0.29, 0.717) is 17.2 Å². The molecule has 2 N–H and O–H groups in total. The summed E-state index contributed by atoms with van der Waals surface area (Å²) in [5.74, 6) is 0.344. The fourth-order valence-electron chi connectivity index (χ4n) is 3.17. The van der Waals surface area contributed by atoms with Crippen LogP contribution in [0.4, 0.5) is 23.2 Å². The Morgan fingerprint density at radius 3 is 2.31 bits per heavy atom. The van der Waals surface area contributed by atoms with Crippen LogP contribution in [-0.2, 0) is 17.5 Å². The predicted octanol–water partition coefficient (Wildman–Crippen LogP) is 6.15. The molecule has 0 spiro atoms. The molecule has 2 aromatic heterocycles. The van der Waals surface area contributed by atoms with Crippen molar-refractivity contribution in [2.24, 2.45) is 0 Å². The van der Waals surface area contributed by atoms with Gasteiger partial charge in [-0.2, -0.15) is 18.3 Å². The third-order valence-electron chi connectivity index (χ3n) is 4.82. The maximum absolute atomic E-state index is 13.2. The Balaban J connectivity index is 1.58. The van der Waals surface area contributed by atoms with Gasteiger partial charge in [0.1, 0.15) is 29.6 Å². The normalized spacial score (nSPS) is 11.3. The number of aromatic amines is 1. The molecule has 1 amide bonds. The van der Waals surface area contributed by atoms with E-state index >= 15 is 0 Å². The molecule has 2 heterocycles. The standard InChI is InChI=1S/C24H17BrF4N4O3/c1-14-22(25)23(24(27,28)29)32-33(14)13-21(34)31-16-9-19(35-17-6-4-15(26)5-7-17)11-20(10-16)36-18-3-2-8-30-12-18/h2-12H,13H2,1H3,(H,31,34)/p+1. The minimum atomic E-state index is -4.67. The van der Waals surface area contributed by atoms with Crippen molar-refractivity contribution in [3.8, 4) is 23.0 Å². The number of H-pyrrole nitrogens is 1. The van der Waals surface area contributed by atoms with Gasteiger partial charge in [0.05, 0.1) is 10.2 Å². The molecule has 0 aliphatic carbocycles. The Bertz CT molecular complexity index is 1380. The van der Waals surface area contributed by atoms with E-state index < -0.39 is 30.1 Å². The van der Waals surface area contributed by atoms with Crippen LogP contribution in [0.1, 0.15) is 11.4 Å². The van der Waals surface area contributed by atoms with Crippen molar-refractivity contribution in [3.63, 3.8) is 0 Å². The first-order valence-electron chi connectivity index (χ1n) is 10.4. The molecule has 0 atom stereocenters. The zero-order chi connectivity index (χ0) is 25.9. The minimum absolute atomic E-state index is 0.148. The summed E-state index contributed by atoms with van der Waals surface area (Å²) in [5, 5.41) is 6.14. The van der Waals surface area contributed by atoms with Gasteiger partial charge >= 0.3 is 6.18 Å². The van der Waals surface area contributed by atoms with Gasteiger partial charge < -0.3 is 14.8 Å². The molecule has 0 saturated carbocycles. The number of halogens is 5. The predicted molar refractivity (Wildman–Crippen MR) is 124 cm³/mol. The highest BCUT2D eigenvalue weighted by molar-refractivity contribution is 9.10. The number of alkyl halides is 3. The van der Waals surface area contributed by atoms with Crippen molar-refractivity contribution in [1.29, 1.82) is 0 Å². The molecule has 12 heteroatoms. The van der Waals surface area contributed by atoms with E-state index in [1.54, 1.807) is 30.6 Å². The monoisotopic (exact) mass is 565 g/mol. The number of nitrogens with zero attached hydrogens (tertiary/aromatic N) is 2. The van der Waals surface area contributed by atoms with E-state index in [1.165, 1.54) is 43.3 Å². The van der Waals surface area contributed by atoms with Gasteiger partial charge in [-0.3, -0.25) is 9.48 Å². The third kappa shape index (κ3) is 6.19. The van der Waals surface area contributed by atoms with E-state index in [4.69, 9.17) is 9.47 Å². The maximum atomic E-state index is 13.2. The first-order valence-corrected chi connectivity index (χ1v) is 11.2. The lowest BCUT2D eigenvalue weighted by Crippen LogP contribution is -2.20. The molecule has 0 radical (unpaired) electrons. The summed E-state index contributed by atoms with van der Waals surface area (Å²) < 4.78 is 65.0. The van der Waals surface area contributed by atoms with Gasteiger partial charge in [0.25, 0.3) is 0 Å². The zero-order valence-electron chi connectivity index (χ0n) is 18.6. The summed E-state index contributed by atoms with van der Waals surface area (Å²) in [5.41, 5.74) is -0.706.